The molecule has 0 radical (unpaired) electrons. The minimum atomic E-state index is -0.313. The van der Waals surface area contributed by atoms with Gasteiger partial charge in [-0.15, -0.1) is 0 Å². The fourth-order valence-corrected chi connectivity index (χ4v) is 1.72. The van der Waals surface area contributed by atoms with Gasteiger partial charge in [0.2, 0.25) is 0 Å². The Morgan fingerprint density at radius 3 is 2.19 bits per heavy atom. The van der Waals surface area contributed by atoms with Crippen molar-refractivity contribution >= 4 is 6.08 Å². The maximum absolute atomic E-state index is 10.1. The van der Waals surface area contributed by atoms with E-state index in [-0.39, 0.29) is 17.4 Å². The largest absolute Gasteiger partial charge is 0.392 e. The summed E-state index contributed by atoms with van der Waals surface area (Å²) in [6, 6.07) is 10.2. The summed E-state index contributed by atoms with van der Waals surface area (Å²) in [5.74, 6) is 0.167. The molecule has 1 rings (SSSR count). The van der Waals surface area contributed by atoms with Gasteiger partial charge in [-0.25, -0.2) is 0 Å². The van der Waals surface area contributed by atoms with Crippen LogP contribution in [0.25, 0.3) is 6.08 Å². The average Bonchev–Trinajstić information content (AvgIpc) is 2.25. The smallest absolute Gasteiger partial charge is 0.0648 e. The summed E-state index contributed by atoms with van der Waals surface area (Å²) in [4.78, 5) is 0. The lowest BCUT2D eigenvalue weighted by atomic mass is 9.82. The molecule has 0 aromatic heterocycles. The number of aliphatic hydroxyl groups excluding tert-OH is 1. The molecule has 0 saturated heterocycles. The van der Waals surface area contributed by atoms with Crippen LogP contribution in [0.2, 0.25) is 0 Å². The molecular formula is C15H22O. The van der Waals surface area contributed by atoms with E-state index in [1.165, 1.54) is 5.56 Å². The molecule has 2 atom stereocenters. The molecular weight excluding hydrogens is 196 g/mol. The van der Waals surface area contributed by atoms with E-state index in [4.69, 9.17) is 0 Å². The van der Waals surface area contributed by atoms with E-state index in [9.17, 15) is 5.11 Å². The van der Waals surface area contributed by atoms with Gasteiger partial charge >= 0.3 is 0 Å². The molecule has 0 heterocycles. The number of hydrogen-bond donors (Lipinski definition) is 1. The first-order valence-corrected chi connectivity index (χ1v) is 5.82. The van der Waals surface area contributed by atoms with Crippen molar-refractivity contribution in [1.82, 2.24) is 0 Å². The van der Waals surface area contributed by atoms with Crippen LogP contribution in [-0.4, -0.2) is 11.2 Å². The Bertz CT molecular complexity index is 332. The number of benzene rings is 1. The molecule has 1 aromatic rings. The van der Waals surface area contributed by atoms with Gasteiger partial charge in [0.25, 0.3) is 0 Å². The van der Waals surface area contributed by atoms with Crippen molar-refractivity contribution in [3.63, 3.8) is 0 Å². The van der Waals surface area contributed by atoms with Crippen LogP contribution in [0, 0.1) is 11.3 Å². The third-order valence-corrected chi connectivity index (χ3v) is 2.78. The molecule has 1 heteroatoms. The summed E-state index contributed by atoms with van der Waals surface area (Å²) in [7, 11) is 0. The lowest BCUT2D eigenvalue weighted by molar-refractivity contribution is 0.0340. The molecule has 0 aliphatic rings. The topological polar surface area (TPSA) is 20.2 Å². The lowest BCUT2D eigenvalue weighted by Crippen LogP contribution is -2.31. The lowest BCUT2D eigenvalue weighted by Gasteiger charge is -2.29. The number of aliphatic hydroxyl groups is 1. The van der Waals surface area contributed by atoms with Crippen molar-refractivity contribution in [2.75, 3.05) is 0 Å². The van der Waals surface area contributed by atoms with Gasteiger partial charge in [-0.1, -0.05) is 70.2 Å². The van der Waals surface area contributed by atoms with Crippen LogP contribution >= 0.6 is 0 Å². The van der Waals surface area contributed by atoms with Gasteiger partial charge in [0.15, 0.2) is 0 Å². The Labute approximate surface area is 98.8 Å². The van der Waals surface area contributed by atoms with E-state index in [0.717, 1.165) is 0 Å². The van der Waals surface area contributed by atoms with Crippen molar-refractivity contribution < 1.29 is 5.11 Å². The first kappa shape index (κ1) is 13.0. The van der Waals surface area contributed by atoms with Gasteiger partial charge in [0, 0.05) is 5.92 Å². The van der Waals surface area contributed by atoms with E-state index < -0.39 is 0 Å². The van der Waals surface area contributed by atoms with Gasteiger partial charge in [-0.05, 0) is 11.0 Å². The molecule has 0 unspecified atom stereocenters. The highest BCUT2D eigenvalue weighted by atomic mass is 16.3. The Kier molecular flexibility index (Phi) is 4.31. The Balaban J connectivity index is 2.65. The fourth-order valence-electron chi connectivity index (χ4n) is 1.72. The molecule has 88 valence electrons. The molecule has 1 aromatic carbocycles. The summed E-state index contributed by atoms with van der Waals surface area (Å²) in [5, 5.41) is 10.1. The second-order valence-electron chi connectivity index (χ2n) is 5.44. The van der Waals surface area contributed by atoms with Crippen molar-refractivity contribution in [2.24, 2.45) is 11.3 Å². The zero-order chi connectivity index (χ0) is 12.2. The van der Waals surface area contributed by atoms with Crippen molar-refractivity contribution in [3.8, 4) is 0 Å². The predicted octanol–water partition coefficient (Wildman–Crippen LogP) is 3.74. The van der Waals surface area contributed by atoms with Gasteiger partial charge in [-0.2, -0.15) is 0 Å². The maximum Gasteiger partial charge on any atom is 0.0648 e. The Hall–Kier alpha value is -1.08. The molecule has 1 N–H and O–H groups in total. The van der Waals surface area contributed by atoms with Gasteiger partial charge in [-0.3, -0.25) is 0 Å². The average molecular weight is 218 g/mol. The fraction of sp³-hybridized carbons (Fsp3) is 0.467. The van der Waals surface area contributed by atoms with E-state index in [2.05, 4.69) is 52.0 Å². The quantitative estimate of drug-likeness (QED) is 0.819. The zero-order valence-electron chi connectivity index (χ0n) is 10.6. The normalized spacial score (nSPS) is 16.3. The molecule has 0 fully saturated rings. The maximum atomic E-state index is 10.1. The SMILES string of the molecule is C[C@@H](/C=C/c1ccccc1)[C@@H](O)C(C)(C)C. The molecule has 0 aliphatic heterocycles. The predicted molar refractivity (Wildman–Crippen MR) is 70.1 cm³/mol. The minimum Gasteiger partial charge on any atom is -0.392 e. The van der Waals surface area contributed by atoms with Crippen molar-refractivity contribution in [1.29, 1.82) is 0 Å². The molecule has 16 heavy (non-hydrogen) atoms. The van der Waals surface area contributed by atoms with E-state index >= 15 is 0 Å². The first-order valence-electron chi connectivity index (χ1n) is 5.82. The van der Waals surface area contributed by atoms with E-state index in [1.807, 2.05) is 18.2 Å². The summed E-state index contributed by atoms with van der Waals surface area (Å²) in [6.07, 6.45) is 3.83. The molecule has 0 spiro atoms. The van der Waals surface area contributed by atoms with Crippen LogP contribution in [-0.2, 0) is 0 Å². The third-order valence-electron chi connectivity index (χ3n) is 2.78. The second kappa shape index (κ2) is 5.31. The highest BCUT2D eigenvalue weighted by molar-refractivity contribution is 5.49. The standard InChI is InChI=1S/C15H22O/c1-12(14(16)15(2,3)4)10-11-13-8-6-5-7-9-13/h5-12,14,16H,1-4H3/b11-10+/t12-,14+/m0/s1. The first-order chi connectivity index (χ1) is 7.41. The number of rotatable bonds is 3. The van der Waals surface area contributed by atoms with Gasteiger partial charge in [0.1, 0.15) is 0 Å². The third kappa shape index (κ3) is 3.82. The summed E-state index contributed by atoms with van der Waals surface area (Å²) >= 11 is 0. The van der Waals surface area contributed by atoms with E-state index in [1.54, 1.807) is 0 Å². The summed E-state index contributed by atoms with van der Waals surface area (Å²) in [6.45, 7) is 8.23. The zero-order valence-corrected chi connectivity index (χ0v) is 10.6. The van der Waals surface area contributed by atoms with Gasteiger partial charge < -0.3 is 5.11 Å². The summed E-state index contributed by atoms with van der Waals surface area (Å²) < 4.78 is 0. The van der Waals surface area contributed by atoms with Gasteiger partial charge in [0.05, 0.1) is 6.10 Å². The van der Waals surface area contributed by atoms with Crippen LogP contribution in [0.15, 0.2) is 36.4 Å². The van der Waals surface area contributed by atoms with Crippen LogP contribution in [0.3, 0.4) is 0 Å². The van der Waals surface area contributed by atoms with E-state index in [0.29, 0.717) is 0 Å². The molecule has 1 nitrogen and oxygen atoms in total. The molecule has 0 aliphatic carbocycles. The van der Waals surface area contributed by atoms with Crippen LogP contribution in [0.4, 0.5) is 0 Å². The monoisotopic (exact) mass is 218 g/mol. The number of hydrogen-bond acceptors (Lipinski definition) is 1. The highest BCUT2D eigenvalue weighted by Gasteiger charge is 2.25. The highest BCUT2D eigenvalue weighted by Crippen LogP contribution is 2.26. The Morgan fingerprint density at radius 2 is 1.69 bits per heavy atom. The van der Waals surface area contributed by atoms with Crippen molar-refractivity contribution in [2.45, 2.75) is 33.8 Å². The Morgan fingerprint density at radius 1 is 1.12 bits per heavy atom. The van der Waals surface area contributed by atoms with Crippen LogP contribution in [0.1, 0.15) is 33.3 Å². The van der Waals surface area contributed by atoms with Crippen LogP contribution < -0.4 is 0 Å². The molecule has 0 amide bonds. The minimum absolute atomic E-state index is 0.0690. The second-order valence-corrected chi connectivity index (χ2v) is 5.44. The molecule has 0 bridgehead atoms. The molecule has 0 saturated carbocycles. The summed E-state index contributed by atoms with van der Waals surface area (Å²) in [5.41, 5.74) is 1.11. The van der Waals surface area contributed by atoms with Crippen LogP contribution in [0.5, 0.6) is 0 Å². The van der Waals surface area contributed by atoms with Crippen molar-refractivity contribution in [3.05, 3.63) is 42.0 Å².